The van der Waals surface area contributed by atoms with Gasteiger partial charge in [0, 0.05) is 24.0 Å². The van der Waals surface area contributed by atoms with Crippen LogP contribution in [0, 0.1) is 0 Å². The van der Waals surface area contributed by atoms with Crippen LogP contribution in [0.2, 0.25) is 0 Å². The van der Waals surface area contributed by atoms with E-state index in [1.54, 1.807) is 12.3 Å². The molecule has 0 saturated heterocycles. The number of nitrogens with zero attached hydrogens (tertiary/aromatic N) is 3. The number of rotatable bonds is 7. The molecule has 0 saturated carbocycles. The smallest absolute Gasteiger partial charge is 0.164 e. The van der Waals surface area contributed by atoms with Gasteiger partial charge in [0.1, 0.15) is 22.6 Å². The summed E-state index contributed by atoms with van der Waals surface area (Å²) in [6.07, 6.45) is 4.48. The lowest BCUT2D eigenvalue weighted by Crippen LogP contribution is -2.14. The molecule has 8 heteroatoms. The Morgan fingerprint density at radius 1 is 1.20 bits per heavy atom. The van der Waals surface area contributed by atoms with Crippen molar-refractivity contribution in [1.29, 1.82) is 0 Å². The van der Waals surface area contributed by atoms with Gasteiger partial charge in [0.2, 0.25) is 0 Å². The van der Waals surface area contributed by atoms with Crippen LogP contribution in [0.1, 0.15) is 28.6 Å². The second kappa shape index (κ2) is 7.71. The molecular formula is C17H17N3O3S2. The van der Waals surface area contributed by atoms with Gasteiger partial charge in [0.25, 0.3) is 0 Å². The van der Waals surface area contributed by atoms with Crippen molar-refractivity contribution in [2.75, 3.05) is 0 Å². The van der Waals surface area contributed by atoms with Crippen LogP contribution < -0.4 is 4.74 Å². The highest BCUT2D eigenvalue weighted by atomic mass is 32.2. The van der Waals surface area contributed by atoms with Crippen LogP contribution in [0.15, 0.2) is 54.3 Å². The van der Waals surface area contributed by atoms with Gasteiger partial charge < -0.3 is 4.74 Å². The summed E-state index contributed by atoms with van der Waals surface area (Å²) >= 11 is 1.39. The highest BCUT2D eigenvalue weighted by Crippen LogP contribution is 2.24. The third kappa shape index (κ3) is 4.61. The first-order valence-corrected chi connectivity index (χ1v) is 10.2. The fraction of sp³-hybridized carbons (Fsp3) is 0.235. The van der Waals surface area contributed by atoms with Gasteiger partial charge >= 0.3 is 0 Å². The molecule has 0 amide bonds. The molecule has 25 heavy (non-hydrogen) atoms. The van der Waals surface area contributed by atoms with Crippen molar-refractivity contribution in [3.63, 3.8) is 0 Å². The second-order valence-electron chi connectivity index (χ2n) is 5.41. The molecule has 0 aliphatic carbocycles. The SMILES string of the molecule is C[C@H](c1cnccn1)S(=O)(=O)Cc1csc(COc2ccccc2)n1. The minimum absolute atomic E-state index is 0.132. The topological polar surface area (TPSA) is 82.0 Å². The standard InChI is InChI=1S/C17H17N3O3S2/c1-13(16-9-18-7-8-19-16)25(21,22)12-14-11-24-17(20-14)10-23-15-5-3-2-4-6-15/h2-9,11,13H,10,12H2,1H3/t13-/m1/s1. The van der Waals surface area contributed by atoms with Crippen molar-refractivity contribution in [2.45, 2.75) is 24.5 Å². The van der Waals surface area contributed by atoms with Crippen LogP contribution in [-0.2, 0) is 22.2 Å². The molecule has 130 valence electrons. The van der Waals surface area contributed by atoms with Gasteiger partial charge in [-0.1, -0.05) is 18.2 Å². The molecule has 0 fully saturated rings. The van der Waals surface area contributed by atoms with Gasteiger partial charge in [0.05, 0.1) is 17.1 Å². The molecular weight excluding hydrogens is 358 g/mol. The molecule has 0 N–H and O–H groups in total. The Balaban J connectivity index is 1.64. The first-order chi connectivity index (χ1) is 12.0. The number of hydrogen-bond acceptors (Lipinski definition) is 7. The predicted molar refractivity (Wildman–Crippen MR) is 96.0 cm³/mol. The van der Waals surface area contributed by atoms with Crippen molar-refractivity contribution in [2.24, 2.45) is 0 Å². The lowest BCUT2D eigenvalue weighted by molar-refractivity contribution is 0.305. The number of sulfone groups is 1. The third-order valence-corrected chi connectivity index (χ3v) is 6.48. The fourth-order valence-corrected chi connectivity index (χ4v) is 4.29. The fourth-order valence-electron chi connectivity index (χ4n) is 2.18. The minimum Gasteiger partial charge on any atom is -0.486 e. The maximum Gasteiger partial charge on any atom is 0.164 e. The monoisotopic (exact) mass is 375 g/mol. The largest absolute Gasteiger partial charge is 0.486 e. The summed E-state index contributed by atoms with van der Waals surface area (Å²) in [5.74, 6) is 0.621. The van der Waals surface area contributed by atoms with Gasteiger partial charge in [-0.05, 0) is 19.1 Å². The lowest BCUT2D eigenvalue weighted by atomic mass is 10.3. The Morgan fingerprint density at radius 3 is 2.72 bits per heavy atom. The normalized spacial score (nSPS) is 12.7. The highest BCUT2D eigenvalue weighted by Gasteiger charge is 2.25. The first-order valence-electron chi connectivity index (χ1n) is 7.63. The summed E-state index contributed by atoms with van der Waals surface area (Å²) in [6.45, 7) is 1.93. The van der Waals surface area contributed by atoms with Crippen molar-refractivity contribution in [1.82, 2.24) is 15.0 Å². The van der Waals surface area contributed by atoms with E-state index in [1.165, 1.54) is 29.9 Å². The van der Waals surface area contributed by atoms with E-state index in [0.717, 1.165) is 10.8 Å². The average molecular weight is 375 g/mol. The molecule has 2 heterocycles. The molecule has 1 aromatic carbocycles. The van der Waals surface area contributed by atoms with Crippen LogP contribution in [0.5, 0.6) is 5.75 Å². The van der Waals surface area contributed by atoms with E-state index >= 15 is 0 Å². The van der Waals surface area contributed by atoms with E-state index in [1.807, 2.05) is 30.3 Å². The Hall–Kier alpha value is -2.32. The van der Waals surface area contributed by atoms with E-state index in [9.17, 15) is 8.42 Å². The summed E-state index contributed by atoms with van der Waals surface area (Å²) in [6, 6.07) is 9.42. The van der Waals surface area contributed by atoms with Crippen LogP contribution in [0.4, 0.5) is 0 Å². The maximum atomic E-state index is 12.6. The molecule has 3 aromatic rings. The Bertz CT molecular complexity index is 913. The molecule has 0 bridgehead atoms. The summed E-state index contributed by atoms with van der Waals surface area (Å²) in [5, 5.41) is 1.76. The van der Waals surface area contributed by atoms with E-state index in [0.29, 0.717) is 18.0 Å². The lowest BCUT2D eigenvalue weighted by Gasteiger charge is -2.10. The van der Waals surface area contributed by atoms with E-state index in [2.05, 4.69) is 15.0 Å². The molecule has 0 radical (unpaired) electrons. The van der Waals surface area contributed by atoms with Crippen LogP contribution in [0.25, 0.3) is 0 Å². The highest BCUT2D eigenvalue weighted by molar-refractivity contribution is 7.90. The zero-order chi connectivity index (χ0) is 17.7. The first kappa shape index (κ1) is 17.5. The van der Waals surface area contributed by atoms with Gasteiger partial charge in [-0.2, -0.15) is 0 Å². The van der Waals surface area contributed by atoms with Crippen molar-refractivity contribution >= 4 is 21.2 Å². The Morgan fingerprint density at radius 2 is 2.00 bits per heavy atom. The molecule has 0 spiro atoms. The van der Waals surface area contributed by atoms with Crippen molar-refractivity contribution in [3.05, 3.63) is 70.7 Å². The Labute approximate surface area is 150 Å². The molecule has 1 atom stereocenters. The van der Waals surface area contributed by atoms with Crippen LogP contribution in [0.3, 0.4) is 0 Å². The minimum atomic E-state index is -3.42. The van der Waals surface area contributed by atoms with E-state index in [4.69, 9.17) is 4.74 Å². The summed E-state index contributed by atoms with van der Waals surface area (Å²) in [4.78, 5) is 12.4. The zero-order valence-electron chi connectivity index (χ0n) is 13.6. The number of thiazole rings is 1. The van der Waals surface area contributed by atoms with E-state index in [-0.39, 0.29) is 5.75 Å². The predicted octanol–water partition coefficient (Wildman–Crippen LogP) is 3.19. The molecule has 6 nitrogen and oxygen atoms in total. The quantitative estimate of drug-likeness (QED) is 0.631. The average Bonchev–Trinajstić information content (AvgIpc) is 3.07. The number of para-hydroxylation sites is 1. The van der Waals surface area contributed by atoms with Gasteiger partial charge in [-0.3, -0.25) is 9.97 Å². The number of ether oxygens (including phenoxy) is 1. The second-order valence-corrected chi connectivity index (χ2v) is 8.68. The number of benzene rings is 1. The Kier molecular flexibility index (Phi) is 5.40. The number of aromatic nitrogens is 3. The summed E-state index contributed by atoms with van der Waals surface area (Å²) < 4.78 is 30.7. The van der Waals surface area contributed by atoms with Gasteiger partial charge in [0.15, 0.2) is 9.84 Å². The summed E-state index contributed by atoms with van der Waals surface area (Å²) in [7, 11) is -3.42. The zero-order valence-corrected chi connectivity index (χ0v) is 15.2. The van der Waals surface area contributed by atoms with Crippen molar-refractivity contribution < 1.29 is 13.2 Å². The van der Waals surface area contributed by atoms with Gasteiger partial charge in [-0.15, -0.1) is 11.3 Å². The molecule has 0 unspecified atom stereocenters. The maximum absolute atomic E-state index is 12.6. The third-order valence-electron chi connectivity index (χ3n) is 3.59. The number of hydrogen-bond donors (Lipinski definition) is 0. The van der Waals surface area contributed by atoms with E-state index < -0.39 is 15.1 Å². The molecule has 3 rings (SSSR count). The summed E-state index contributed by atoms with van der Waals surface area (Å²) in [5.41, 5.74) is 0.956. The molecule has 0 aliphatic rings. The van der Waals surface area contributed by atoms with Gasteiger partial charge in [-0.25, -0.2) is 13.4 Å². The van der Waals surface area contributed by atoms with Crippen molar-refractivity contribution in [3.8, 4) is 5.75 Å². The molecule has 2 aromatic heterocycles. The van der Waals surface area contributed by atoms with Crippen LogP contribution >= 0.6 is 11.3 Å². The molecule has 0 aliphatic heterocycles. The van der Waals surface area contributed by atoms with Crippen LogP contribution in [-0.4, -0.2) is 23.4 Å².